The maximum Gasteiger partial charge on any atom is 0.323 e. The number of carbonyl (C=O) groups is 2. The summed E-state index contributed by atoms with van der Waals surface area (Å²) in [7, 11) is 0. The van der Waals surface area contributed by atoms with E-state index in [2.05, 4.69) is 21.0 Å². The molecule has 0 aliphatic carbocycles. The minimum Gasteiger partial charge on any atom is -0.322 e. The largest absolute Gasteiger partial charge is 0.323 e. The third-order valence-corrected chi connectivity index (χ3v) is 4.82. The first-order chi connectivity index (χ1) is 15.5. The van der Waals surface area contributed by atoms with Gasteiger partial charge in [-0.25, -0.2) is 9.48 Å². The lowest BCUT2D eigenvalue weighted by atomic mass is 10.2. The number of urea groups is 1. The number of nitrogens with zero attached hydrogens (tertiary/aromatic N) is 2. The van der Waals surface area contributed by atoms with Gasteiger partial charge >= 0.3 is 6.03 Å². The molecule has 0 radical (unpaired) electrons. The fourth-order valence-corrected chi connectivity index (χ4v) is 3.30. The van der Waals surface area contributed by atoms with Crippen LogP contribution in [0, 0.1) is 13.8 Å². The molecule has 3 amide bonds. The molecule has 7 heteroatoms. The summed E-state index contributed by atoms with van der Waals surface area (Å²) in [5.41, 5.74) is 5.37. The fourth-order valence-electron chi connectivity index (χ4n) is 3.30. The molecule has 0 bridgehead atoms. The van der Waals surface area contributed by atoms with Crippen molar-refractivity contribution >= 4 is 29.0 Å². The molecule has 1 heterocycles. The van der Waals surface area contributed by atoms with Crippen LogP contribution in [0.25, 0.3) is 5.69 Å². The molecule has 0 unspecified atom stereocenters. The first kappa shape index (κ1) is 20.9. The standard InChI is InChI=1S/C25H23N5O2/c1-17-16-18(2)30(29-17)23-14-8-19(9-15-23)24(31)26-21-10-12-22(13-11-21)28-25(32)27-20-6-4-3-5-7-20/h3-16H,1-2H3,(H,26,31)(H2,27,28,32). The van der Waals surface area contributed by atoms with Gasteiger partial charge in [-0.2, -0.15) is 5.10 Å². The van der Waals surface area contributed by atoms with Crippen molar-refractivity contribution in [3.63, 3.8) is 0 Å². The topological polar surface area (TPSA) is 88.0 Å². The third kappa shape index (κ3) is 5.02. The molecule has 0 aliphatic rings. The highest BCUT2D eigenvalue weighted by Gasteiger charge is 2.09. The van der Waals surface area contributed by atoms with E-state index in [1.807, 2.05) is 67.1 Å². The smallest absolute Gasteiger partial charge is 0.322 e. The van der Waals surface area contributed by atoms with Crippen molar-refractivity contribution in [2.45, 2.75) is 13.8 Å². The second kappa shape index (κ2) is 9.18. The fraction of sp³-hybridized carbons (Fsp3) is 0.0800. The van der Waals surface area contributed by atoms with Gasteiger partial charge in [-0.15, -0.1) is 0 Å². The van der Waals surface area contributed by atoms with Gasteiger partial charge in [0.05, 0.1) is 11.4 Å². The van der Waals surface area contributed by atoms with Crippen LogP contribution in [0.2, 0.25) is 0 Å². The van der Waals surface area contributed by atoms with E-state index < -0.39 is 0 Å². The number of rotatable bonds is 5. The lowest BCUT2D eigenvalue weighted by Crippen LogP contribution is -2.19. The van der Waals surface area contributed by atoms with Gasteiger partial charge < -0.3 is 16.0 Å². The number of benzene rings is 3. The van der Waals surface area contributed by atoms with Crippen molar-refractivity contribution < 1.29 is 9.59 Å². The average Bonchev–Trinajstić information content (AvgIpc) is 3.13. The number of para-hydroxylation sites is 1. The molecule has 7 nitrogen and oxygen atoms in total. The van der Waals surface area contributed by atoms with Gasteiger partial charge in [0.1, 0.15) is 0 Å². The maximum absolute atomic E-state index is 12.6. The van der Waals surface area contributed by atoms with E-state index in [9.17, 15) is 9.59 Å². The van der Waals surface area contributed by atoms with Crippen LogP contribution in [0.4, 0.5) is 21.9 Å². The number of anilines is 3. The maximum atomic E-state index is 12.6. The van der Waals surface area contributed by atoms with Crippen LogP contribution in [0.1, 0.15) is 21.7 Å². The number of carbonyl (C=O) groups excluding carboxylic acids is 2. The normalized spacial score (nSPS) is 10.4. The Morgan fingerprint density at radius 1 is 0.719 bits per heavy atom. The van der Waals surface area contributed by atoms with E-state index in [0.717, 1.165) is 17.1 Å². The Kier molecular flexibility index (Phi) is 5.98. The first-order valence-corrected chi connectivity index (χ1v) is 10.2. The Balaban J connectivity index is 1.35. The highest BCUT2D eigenvalue weighted by molar-refractivity contribution is 6.04. The van der Waals surface area contributed by atoms with Crippen molar-refractivity contribution in [1.82, 2.24) is 9.78 Å². The molecule has 0 saturated carbocycles. The number of hydrogen-bond acceptors (Lipinski definition) is 3. The van der Waals surface area contributed by atoms with Crippen LogP contribution in [-0.4, -0.2) is 21.7 Å². The number of amides is 3. The van der Waals surface area contributed by atoms with Crippen LogP contribution in [0.15, 0.2) is 84.9 Å². The van der Waals surface area contributed by atoms with Crippen LogP contribution in [-0.2, 0) is 0 Å². The number of hydrogen-bond donors (Lipinski definition) is 3. The predicted octanol–water partition coefficient (Wildman–Crippen LogP) is 5.39. The molecule has 0 fully saturated rings. The molecule has 4 rings (SSSR count). The zero-order chi connectivity index (χ0) is 22.5. The Bertz CT molecular complexity index is 1230. The first-order valence-electron chi connectivity index (χ1n) is 10.2. The van der Waals surface area contributed by atoms with Gasteiger partial charge in [0, 0.05) is 28.3 Å². The molecule has 0 aliphatic heterocycles. The van der Waals surface area contributed by atoms with E-state index >= 15 is 0 Å². The lowest BCUT2D eigenvalue weighted by molar-refractivity contribution is 0.102. The van der Waals surface area contributed by atoms with Gasteiger partial charge in [-0.05, 0) is 80.6 Å². The van der Waals surface area contributed by atoms with Crippen molar-refractivity contribution in [3.05, 3.63) is 102 Å². The van der Waals surface area contributed by atoms with E-state index in [1.165, 1.54) is 0 Å². The Morgan fingerprint density at radius 2 is 1.28 bits per heavy atom. The zero-order valence-electron chi connectivity index (χ0n) is 17.8. The Morgan fingerprint density at radius 3 is 1.84 bits per heavy atom. The van der Waals surface area contributed by atoms with Gasteiger partial charge in [0.25, 0.3) is 5.91 Å². The van der Waals surface area contributed by atoms with Crippen molar-refractivity contribution in [2.24, 2.45) is 0 Å². The minimum absolute atomic E-state index is 0.215. The van der Waals surface area contributed by atoms with Gasteiger partial charge in [-0.3, -0.25) is 4.79 Å². The van der Waals surface area contributed by atoms with Crippen molar-refractivity contribution in [2.75, 3.05) is 16.0 Å². The summed E-state index contributed by atoms with van der Waals surface area (Å²) in [6.07, 6.45) is 0. The molecule has 3 aromatic carbocycles. The van der Waals surface area contributed by atoms with E-state index in [0.29, 0.717) is 22.6 Å². The molecule has 4 aromatic rings. The SMILES string of the molecule is Cc1cc(C)n(-c2ccc(C(=O)Nc3ccc(NC(=O)Nc4ccccc4)cc3)cc2)n1. The molecule has 1 aromatic heterocycles. The summed E-state index contributed by atoms with van der Waals surface area (Å²) >= 11 is 0. The Labute approximate surface area is 186 Å². The van der Waals surface area contributed by atoms with Crippen LogP contribution < -0.4 is 16.0 Å². The van der Waals surface area contributed by atoms with Gasteiger partial charge in [0.2, 0.25) is 0 Å². The molecule has 0 atom stereocenters. The highest BCUT2D eigenvalue weighted by Crippen LogP contribution is 2.17. The van der Waals surface area contributed by atoms with Crippen LogP contribution >= 0.6 is 0 Å². The second-order valence-electron chi connectivity index (χ2n) is 7.36. The third-order valence-electron chi connectivity index (χ3n) is 4.82. The lowest BCUT2D eigenvalue weighted by Gasteiger charge is -2.10. The van der Waals surface area contributed by atoms with Crippen molar-refractivity contribution in [3.8, 4) is 5.69 Å². The van der Waals surface area contributed by atoms with Crippen LogP contribution in [0.3, 0.4) is 0 Å². The summed E-state index contributed by atoms with van der Waals surface area (Å²) < 4.78 is 1.84. The second-order valence-corrected chi connectivity index (χ2v) is 7.36. The van der Waals surface area contributed by atoms with Gasteiger partial charge in [-0.1, -0.05) is 18.2 Å². The summed E-state index contributed by atoms with van der Waals surface area (Å²) in [6.45, 7) is 3.94. The minimum atomic E-state index is -0.337. The number of aryl methyl sites for hydroxylation is 2. The molecular weight excluding hydrogens is 402 g/mol. The molecule has 160 valence electrons. The van der Waals surface area contributed by atoms with E-state index in [4.69, 9.17) is 0 Å². The molecule has 0 saturated heterocycles. The summed E-state index contributed by atoms with van der Waals surface area (Å²) in [6, 6.07) is 25.1. The predicted molar refractivity (Wildman–Crippen MR) is 127 cm³/mol. The quantitative estimate of drug-likeness (QED) is 0.401. The number of aromatic nitrogens is 2. The summed E-state index contributed by atoms with van der Waals surface area (Å²) in [4.78, 5) is 24.7. The van der Waals surface area contributed by atoms with Crippen LogP contribution in [0.5, 0.6) is 0 Å². The zero-order valence-corrected chi connectivity index (χ0v) is 17.8. The summed E-state index contributed by atoms with van der Waals surface area (Å²) in [5.74, 6) is -0.215. The van der Waals surface area contributed by atoms with Gasteiger partial charge in [0.15, 0.2) is 0 Å². The number of nitrogens with one attached hydrogen (secondary N) is 3. The van der Waals surface area contributed by atoms with Crippen molar-refractivity contribution in [1.29, 1.82) is 0 Å². The monoisotopic (exact) mass is 425 g/mol. The summed E-state index contributed by atoms with van der Waals surface area (Å²) in [5, 5.41) is 12.8. The molecular formula is C25H23N5O2. The van der Waals surface area contributed by atoms with E-state index in [1.54, 1.807) is 36.4 Å². The highest BCUT2D eigenvalue weighted by atomic mass is 16.2. The molecule has 3 N–H and O–H groups in total. The Hall–Kier alpha value is -4.39. The molecule has 0 spiro atoms. The molecule has 32 heavy (non-hydrogen) atoms. The average molecular weight is 425 g/mol. The van der Waals surface area contributed by atoms with E-state index in [-0.39, 0.29) is 11.9 Å².